The molecule has 3 N–H and O–H groups in total. The largest absolute Gasteiger partial charge is 0.442 e. The molecule has 0 aliphatic carbocycles. The number of carbonyl (C=O) groups excluding carboxylic acids is 1. The van der Waals surface area contributed by atoms with E-state index in [-0.39, 0.29) is 24.6 Å². The molecule has 1 heterocycles. The fourth-order valence-electron chi connectivity index (χ4n) is 2.66. The molecule has 0 atom stereocenters. The third-order valence-electron chi connectivity index (χ3n) is 4.06. The van der Waals surface area contributed by atoms with Crippen molar-refractivity contribution in [3.63, 3.8) is 0 Å². The first-order valence-electron chi connectivity index (χ1n) is 8.81. The first kappa shape index (κ1) is 22.6. The van der Waals surface area contributed by atoms with Crippen molar-refractivity contribution in [2.75, 3.05) is 16.4 Å². The highest BCUT2D eigenvalue weighted by Crippen LogP contribution is 2.31. The summed E-state index contributed by atoms with van der Waals surface area (Å²) in [5.41, 5.74) is 0.00131. The van der Waals surface area contributed by atoms with Crippen molar-refractivity contribution in [3.05, 3.63) is 56.7 Å². The van der Waals surface area contributed by atoms with E-state index in [4.69, 9.17) is 5.73 Å². The lowest BCUT2D eigenvalue weighted by atomic mass is 10.2. The minimum atomic E-state index is -4.61. The van der Waals surface area contributed by atoms with Gasteiger partial charge in [0.1, 0.15) is 5.82 Å². The highest BCUT2D eigenvalue weighted by atomic mass is 32.2. The second-order valence-electron chi connectivity index (χ2n) is 6.20. The molecule has 7 nitrogen and oxygen atoms in total. The Morgan fingerprint density at radius 1 is 1.24 bits per heavy atom. The summed E-state index contributed by atoms with van der Waals surface area (Å²) in [6.45, 7) is 1.93. The summed E-state index contributed by atoms with van der Waals surface area (Å²) >= 11 is -0.505. The summed E-state index contributed by atoms with van der Waals surface area (Å²) in [5, 5.41) is 0. The van der Waals surface area contributed by atoms with Gasteiger partial charge in [-0.05, 0) is 23.7 Å². The number of amides is 1. The molecule has 0 aliphatic rings. The number of benzene rings is 1. The van der Waals surface area contributed by atoms with Gasteiger partial charge in [-0.15, -0.1) is 0 Å². The fourth-order valence-corrected chi connectivity index (χ4v) is 3.10. The van der Waals surface area contributed by atoms with Crippen LogP contribution < -0.4 is 21.9 Å². The predicted molar refractivity (Wildman–Crippen MR) is 107 cm³/mol. The molecule has 0 aliphatic heterocycles. The number of rotatable bonds is 8. The van der Waals surface area contributed by atoms with Crippen LogP contribution in [0.3, 0.4) is 0 Å². The van der Waals surface area contributed by atoms with Gasteiger partial charge in [0.25, 0.3) is 5.56 Å². The van der Waals surface area contributed by atoms with Gasteiger partial charge >= 0.3 is 11.2 Å². The molecule has 11 heteroatoms. The Balaban J connectivity index is 2.51. The number of unbranched alkanes of at least 4 members (excludes halogenated alkanes) is 1. The number of anilines is 2. The number of alkyl halides is 3. The van der Waals surface area contributed by atoms with Crippen LogP contribution in [0.25, 0.3) is 0 Å². The molecule has 2 aromatic rings. The summed E-state index contributed by atoms with van der Waals surface area (Å²) in [5.74, 6) is -2.13. The molecular formula is C18H21F3N4O3S. The maximum Gasteiger partial charge on any atom is 0.442 e. The van der Waals surface area contributed by atoms with Crippen LogP contribution >= 0.6 is 11.8 Å². The van der Waals surface area contributed by atoms with Gasteiger partial charge < -0.3 is 5.73 Å². The van der Waals surface area contributed by atoms with Crippen LogP contribution in [0.2, 0.25) is 0 Å². The number of aromatic nitrogens is 2. The Hall–Kier alpha value is -2.69. The lowest BCUT2D eigenvalue weighted by Gasteiger charge is -2.25. The van der Waals surface area contributed by atoms with Crippen LogP contribution in [0.4, 0.5) is 24.7 Å². The first-order chi connectivity index (χ1) is 13.6. The average molecular weight is 430 g/mol. The van der Waals surface area contributed by atoms with Gasteiger partial charge in [-0.2, -0.15) is 13.2 Å². The van der Waals surface area contributed by atoms with Crippen molar-refractivity contribution in [2.24, 2.45) is 0 Å². The van der Waals surface area contributed by atoms with Gasteiger partial charge in [-0.3, -0.25) is 24.0 Å². The van der Waals surface area contributed by atoms with Crippen molar-refractivity contribution in [2.45, 2.75) is 38.4 Å². The Kier molecular flexibility index (Phi) is 7.54. The van der Waals surface area contributed by atoms with E-state index in [1.165, 1.54) is 0 Å². The number of thioether (sulfide) groups is 1. The van der Waals surface area contributed by atoms with Gasteiger partial charge in [0.2, 0.25) is 5.91 Å². The number of nitrogens with one attached hydrogen (secondary N) is 1. The predicted octanol–water partition coefficient (Wildman–Crippen LogP) is 2.71. The molecule has 0 saturated carbocycles. The normalized spacial score (nSPS) is 11.4. The molecule has 0 radical (unpaired) electrons. The quantitative estimate of drug-likeness (QED) is 0.671. The molecule has 1 amide bonds. The molecule has 0 saturated heterocycles. The number of hydrogen-bond acceptors (Lipinski definition) is 5. The van der Waals surface area contributed by atoms with Crippen molar-refractivity contribution >= 4 is 29.2 Å². The summed E-state index contributed by atoms with van der Waals surface area (Å²) in [7, 11) is 0. The van der Waals surface area contributed by atoms with Gasteiger partial charge in [-0.25, -0.2) is 4.79 Å². The number of aromatic amines is 1. The highest BCUT2D eigenvalue weighted by Gasteiger charge is 2.32. The highest BCUT2D eigenvalue weighted by molar-refractivity contribution is 8.00. The van der Waals surface area contributed by atoms with E-state index in [9.17, 15) is 27.6 Å². The molecule has 29 heavy (non-hydrogen) atoms. The van der Waals surface area contributed by atoms with E-state index in [2.05, 4.69) is 4.98 Å². The number of hydrogen-bond donors (Lipinski definition) is 2. The van der Waals surface area contributed by atoms with Crippen LogP contribution in [0.15, 0.2) is 39.9 Å². The van der Waals surface area contributed by atoms with Crippen LogP contribution in [0, 0.1) is 0 Å². The molecule has 0 unspecified atom stereocenters. The number of H-pyrrole nitrogens is 1. The molecule has 1 aromatic heterocycles. The summed E-state index contributed by atoms with van der Waals surface area (Å²) in [6, 6.07) is 8.45. The molecule has 1 aromatic carbocycles. The lowest BCUT2D eigenvalue weighted by Crippen LogP contribution is -2.41. The first-order valence-corrected chi connectivity index (χ1v) is 9.80. The SMILES string of the molecule is CCCCn1c(N)c(N(Cc2ccccc2)C(=O)CSC(F)(F)F)c(=O)[nH]c1=O. The number of nitrogen functional groups attached to an aromatic ring is 1. The third kappa shape index (κ3) is 6.14. The topological polar surface area (TPSA) is 101 Å². The van der Waals surface area contributed by atoms with Crippen LogP contribution in [-0.4, -0.2) is 26.7 Å². The maximum absolute atomic E-state index is 12.6. The van der Waals surface area contributed by atoms with Crippen molar-refractivity contribution in [1.82, 2.24) is 9.55 Å². The zero-order valence-electron chi connectivity index (χ0n) is 15.7. The second kappa shape index (κ2) is 9.68. The van der Waals surface area contributed by atoms with Crippen LogP contribution in [0.1, 0.15) is 25.3 Å². The molecular weight excluding hydrogens is 409 g/mol. The van der Waals surface area contributed by atoms with E-state index in [0.29, 0.717) is 12.0 Å². The van der Waals surface area contributed by atoms with E-state index in [0.717, 1.165) is 15.9 Å². The molecule has 2 rings (SSSR count). The average Bonchev–Trinajstić information content (AvgIpc) is 2.65. The van der Waals surface area contributed by atoms with Crippen molar-refractivity contribution < 1.29 is 18.0 Å². The zero-order valence-corrected chi connectivity index (χ0v) is 16.5. The van der Waals surface area contributed by atoms with E-state index < -0.39 is 40.2 Å². The number of nitrogens with two attached hydrogens (primary N) is 1. The number of carbonyl (C=O) groups is 1. The molecule has 0 fully saturated rings. The maximum atomic E-state index is 12.6. The Morgan fingerprint density at radius 3 is 2.48 bits per heavy atom. The molecule has 0 bridgehead atoms. The van der Waals surface area contributed by atoms with Gasteiger partial charge in [-0.1, -0.05) is 43.7 Å². The summed E-state index contributed by atoms with van der Waals surface area (Å²) in [6.07, 6.45) is 1.33. The Bertz CT molecular complexity index is 958. The Morgan fingerprint density at radius 2 is 1.90 bits per heavy atom. The van der Waals surface area contributed by atoms with E-state index >= 15 is 0 Å². The zero-order chi connectivity index (χ0) is 21.6. The Labute approximate surface area is 168 Å². The minimum Gasteiger partial charge on any atom is -0.383 e. The number of halogens is 3. The van der Waals surface area contributed by atoms with Crippen molar-refractivity contribution in [3.8, 4) is 0 Å². The lowest BCUT2D eigenvalue weighted by molar-refractivity contribution is -0.116. The second-order valence-corrected chi connectivity index (χ2v) is 7.24. The van der Waals surface area contributed by atoms with Crippen LogP contribution in [-0.2, 0) is 17.9 Å². The minimum absolute atomic E-state index is 0.169. The van der Waals surface area contributed by atoms with E-state index in [1.54, 1.807) is 30.3 Å². The van der Waals surface area contributed by atoms with E-state index in [1.807, 2.05) is 6.92 Å². The smallest absolute Gasteiger partial charge is 0.383 e. The fraction of sp³-hybridized carbons (Fsp3) is 0.389. The standard InChI is InChI=1S/C18H21F3N4O3S/c1-2-3-9-24-15(22)14(16(27)23-17(24)28)25(10-12-7-5-4-6-8-12)13(26)11-29-18(19,20)21/h4-8H,2-3,9-11,22H2,1H3,(H,23,27,28). The summed E-state index contributed by atoms with van der Waals surface area (Å²) in [4.78, 5) is 40.2. The van der Waals surface area contributed by atoms with Crippen molar-refractivity contribution in [1.29, 1.82) is 0 Å². The molecule has 0 spiro atoms. The van der Waals surface area contributed by atoms with Gasteiger partial charge in [0, 0.05) is 6.54 Å². The van der Waals surface area contributed by atoms with Gasteiger partial charge in [0.05, 0.1) is 12.3 Å². The molecule has 158 valence electrons. The summed E-state index contributed by atoms with van der Waals surface area (Å²) < 4.78 is 38.8. The van der Waals surface area contributed by atoms with Gasteiger partial charge in [0.15, 0.2) is 5.69 Å². The monoisotopic (exact) mass is 430 g/mol. The van der Waals surface area contributed by atoms with Crippen LogP contribution in [0.5, 0.6) is 0 Å². The number of nitrogens with zero attached hydrogens (tertiary/aromatic N) is 2. The third-order valence-corrected chi connectivity index (χ3v) is 4.78.